The van der Waals surface area contributed by atoms with Crippen LogP contribution in [-0.2, 0) is 6.54 Å². The van der Waals surface area contributed by atoms with Crippen molar-refractivity contribution in [3.63, 3.8) is 0 Å². The van der Waals surface area contributed by atoms with Crippen LogP contribution < -0.4 is 21.9 Å². The van der Waals surface area contributed by atoms with Gasteiger partial charge in [0.25, 0.3) is 11.5 Å². The van der Waals surface area contributed by atoms with E-state index in [2.05, 4.69) is 4.98 Å². The van der Waals surface area contributed by atoms with Crippen LogP contribution in [0.4, 0.5) is 15.9 Å². The molecule has 1 amide bonds. The fraction of sp³-hybridized carbons (Fsp3) is 0.240. The zero-order chi connectivity index (χ0) is 23.8. The zero-order valence-electron chi connectivity index (χ0n) is 18.3. The molecule has 1 aliphatic rings. The number of thiophene rings is 1. The minimum atomic E-state index is -0.709. The van der Waals surface area contributed by atoms with E-state index in [1.165, 1.54) is 32.9 Å². The van der Waals surface area contributed by atoms with Gasteiger partial charge in [-0.2, -0.15) is 0 Å². The number of halogens is 1. The minimum Gasteiger partial charge on any atom is -0.383 e. The Morgan fingerprint density at radius 1 is 1.12 bits per heavy atom. The first-order valence-electron chi connectivity index (χ1n) is 11.1. The Morgan fingerprint density at radius 3 is 2.56 bits per heavy atom. The molecule has 2 aromatic heterocycles. The third-order valence-electron chi connectivity index (χ3n) is 6.27. The SMILES string of the molecule is Nc1c(N(C(=O)c2cc3c(F)cccc3s2)C2CCCC2)c(=O)[nH]c(=O)n1Cc1ccccc1. The molecule has 0 unspecified atom stereocenters. The van der Waals surface area contributed by atoms with Crippen LogP contribution in [0.5, 0.6) is 0 Å². The molecule has 0 spiro atoms. The number of hydrogen-bond donors (Lipinski definition) is 2. The summed E-state index contributed by atoms with van der Waals surface area (Å²) in [6.45, 7) is 0.149. The van der Waals surface area contributed by atoms with Crippen molar-refractivity contribution in [2.24, 2.45) is 0 Å². The summed E-state index contributed by atoms with van der Waals surface area (Å²) < 4.78 is 16.2. The molecule has 174 valence electrons. The first kappa shape index (κ1) is 22.1. The molecule has 5 rings (SSSR count). The maximum absolute atomic E-state index is 14.3. The maximum Gasteiger partial charge on any atom is 0.330 e. The van der Waals surface area contributed by atoms with E-state index >= 15 is 0 Å². The number of amides is 1. The number of carbonyl (C=O) groups excluding carboxylic acids is 1. The van der Waals surface area contributed by atoms with Crippen LogP contribution in [0, 0.1) is 5.82 Å². The molecule has 1 saturated carbocycles. The number of carbonyl (C=O) groups is 1. The number of nitrogen functional groups attached to an aromatic ring is 1. The first-order chi connectivity index (χ1) is 16.4. The highest BCUT2D eigenvalue weighted by atomic mass is 32.1. The molecular weight excluding hydrogens is 455 g/mol. The highest BCUT2D eigenvalue weighted by Crippen LogP contribution is 2.34. The summed E-state index contributed by atoms with van der Waals surface area (Å²) in [6, 6.07) is 15.2. The molecule has 34 heavy (non-hydrogen) atoms. The number of hydrogen-bond acceptors (Lipinski definition) is 5. The summed E-state index contributed by atoms with van der Waals surface area (Å²) >= 11 is 1.17. The summed E-state index contributed by atoms with van der Waals surface area (Å²) in [5.41, 5.74) is 5.85. The molecule has 0 saturated heterocycles. The molecule has 0 aliphatic heterocycles. The van der Waals surface area contributed by atoms with Crippen LogP contribution in [-0.4, -0.2) is 21.5 Å². The topological polar surface area (TPSA) is 101 Å². The molecule has 4 aromatic rings. The van der Waals surface area contributed by atoms with Gasteiger partial charge in [0.05, 0.1) is 11.4 Å². The van der Waals surface area contributed by atoms with Gasteiger partial charge in [0.2, 0.25) is 0 Å². The van der Waals surface area contributed by atoms with Gasteiger partial charge in [-0.3, -0.25) is 24.0 Å². The molecule has 3 N–H and O–H groups in total. The second kappa shape index (κ2) is 8.90. The van der Waals surface area contributed by atoms with Crippen molar-refractivity contribution in [3.05, 3.63) is 91.7 Å². The molecule has 2 aromatic carbocycles. The van der Waals surface area contributed by atoms with E-state index in [4.69, 9.17) is 5.73 Å². The predicted molar refractivity (Wildman–Crippen MR) is 132 cm³/mol. The molecule has 1 aliphatic carbocycles. The van der Waals surface area contributed by atoms with Crippen molar-refractivity contribution >= 4 is 38.8 Å². The van der Waals surface area contributed by atoms with Crippen molar-refractivity contribution in [1.29, 1.82) is 0 Å². The van der Waals surface area contributed by atoms with Crippen LogP contribution in [0.25, 0.3) is 10.1 Å². The van der Waals surface area contributed by atoms with Gasteiger partial charge in [0.15, 0.2) is 5.69 Å². The molecular formula is C25H23FN4O3S. The molecule has 2 heterocycles. The standard InChI is InChI=1S/C25H23FN4O3S/c26-18-11-6-12-19-17(18)13-20(34-19)24(32)30(16-9-4-5-10-16)21-22(27)29(25(33)28-23(21)31)14-15-7-2-1-3-8-15/h1-3,6-8,11-13,16H,4-5,9-10,14,27H2,(H,28,31,33). The van der Waals surface area contributed by atoms with Gasteiger partial charge in [-0.25, -0.2) is 9.18 Å². The number of aromatic nitrogens is 2. The second-order valence-corrected chi connectivity index (χ2v) is 9.52. The van der Waals surface area contributed by atoms with E-state index in [0.29, 0.717) is 27.8 Å². The molecule has 7 nitrogen and oxygen atoms in total. The first-order valence-corrected chi connectivity index (χ1v) is 11.9. The quantitative estimate of drug-likeness (QED) is 0.451. The number of H-pyrrole nitrogens is 1. The number of aromatic amines is 1. The number of benzene rings is 2. The highest BCUT2D eigenvalue weighted by Gasteiger charge is 2.34. The normalized spacial score (nSPS) is 14.0. The Morgan fingerprint density at radius 2 is 1.85 bits per heavy atom. The molecule has 0 radical (unpaired) electrons. The summed E-state index contributed by atoms with van der Waals surface area (Å²) in [5.74, 6) is -0.895. The van der Waals surface area contributed by atoms with E-state index in [9.17, 15) is 18.8 Å². The maximum atomic E-state index is 14.3. The van der Waals surface area contributed by atoms with Crippen molar-refractivity contribution < 1.29 is 9.18 Å². The lowest BCUT2D eigenvalue weighted by Crippen LogP contribution is -2.45. The Balaban J connectivity index is 1.64. The smallest absolute Gasteiger partial charge is 0.330 e. The van der Waals surface area contributed by atoms with Crippen LogP contribution in [0.3, 0.4) is 0 Å². The Kier molecular flexibility index (Phi) is 5.79. The van der Waals surface area contributed by atoms with Gasteiger partial charge in [-0.05, 0) is 36.6 Å². The molecule has 9 heteroatoms. The van der Waals surface area contributed by atoms with E-state index < -0.39 is 23.0 Å². The monoisotopic (exact) mass is 478 g/mol. The lowest BCUT2D eigenvalue weighted by atomic mass is 10.1. The second-order valence-electron chi connectivity index (χ2n) is 8.44. The van der Waals surface area contributed by atoms with Gasteiger partial charge in [-0.1, -0.05) is 49.2 Å². The zero-order valence-corrected chi connectivity index (χ0v) is 19.1. The van der Waals surface area contributed by atoms with Crippen molar-refractivity contribution in [2.45, 2.75) is 38.3 Å². The number of fused-ring (bicyclic) bond motifs is 1. The fourth-order valence-electron chi connectivity index (χ4n) is 4.59. The van der Waals surface area contributed by atoms with E-state index in [0.717, 1.165) is 18.4 Å². The van der Waals surface area contributed by atoms with E-state index in [1.807, 2.05) is 30.3 Å². The minimum absolute atomic E-state index is 0.0367. The Labute approximate surface area is 198 Å². The van der Waals surface area contributed by atoms with Crippen molar-refractivity contribution in [3.8, 4) is 0 Å². The lowest BCUT2D eigenvalue weighted by Gasteiger charge is -2.29. The van der Waals surface area contributed by atoms with E-state index in [-0.39, 0.29) is 24.1 Å². The van der Waals surface area contributed by atoms with Gasteiger partial charge >= 0.3 is 5.69 Å². The highest BCUT2D eigenvalue weighted by molar-refractivity contribution is 7.20. The lowest BCUT2D eigenvalue weighted by molar-refractivity contribution is 0.0980. The van der Waals surface area contributed by atoms with Crippen molar-refractivity contribution in [2.75, 3.05) is 10.6 Å². The number of nitrogens with zero attached hydrogens (tertiary/aromatic N) is 2. The molecule has 0 bridgehead atoms. The Hall–Kier alpha value is -3.72. The van der Waals surface area contributed by atoms with Crippen LogP contribution in [0.1, 0.15) is 40.9 Å². The van der Waals surface area contributed by atoms with Gasteiger partial charge in [0, 0.05) is 16.1 Å². The van der Waals surface area contributed by atoms with Crippen molar-refractivity contribution in [1.82, 2.24) is 9.55 Å². The van der Waals surface area contributed by atoms with Gasteiger partial charge < -0.3 is 5.73 Å². The molecule has 0 atom stereocenters. The average Bonchev–Trinajstić information content (AvgIpc) is 3.50. The van der Waals surface area contributed by atoms with Gasteiger partial charge in [-0.15, -0.1) is 11.3 Å². The number of nitrogens with two attached hydrogens (primary N) is 1. The van der Waals surface area contributed by atoms with Gasteiger partial charge in [0.1, 0.15) is 11.6 Å². The van der Waals surface area contributed by atoms with Crippen LogP contribution >= 0.6 is 11.3 Å². The van der Waals surface area contributed by atoms with E-state index in [1.54, 1.807) is 12.1 Å². The number of nitrogens with one attached hydrogen (secondary N) is 1. The third-order valence-corrected chi connectivity index (χ3v) is 7.35. The number of anilines is 2. The number of rotatable bonds is 5. The Bertz CT molecular complexity index is 1490. The molecule has 1 fully saturated rings. The van der Waals surface area contributed by atoms with Crippen LogP contribution in [0.2, 0.25) is 0 Å². The fourth-order valence-corrected chi connectivity index (χ4v) is 5.61. The summed E-state index contributed by atoms with van der Waals surface area (Å²) in [6.07, 6.45) is 3.25. The summed E-state index contributed by atoms with van der Waals surface area (Å²) in [4.78, 5) is 43.5. The average molecular weight is 479 g/mol. The third kappa shape index (κ3) is 3.92. The predicted octanol–water partition coefficient (Wildman–Crippen LogP) is 4.11. The van der Waals surface area contributed by atoms with Crippen LogP contribution in [0.15, 0.2) is 64.2 Å². The largest absolute Gasteiger partial charge is 0.383 e. The summed E-state index contributed by atoms with van der Waals surface area (Å²) in [5, 5.41) is 0.359. The summed E-state index contributed by atoms with van der Waals surface area (Å²) in [7, 11) is 0.